The van der Waals surface area contributed by atoms with E-state index in [-0.39, 0.29) is 5.41 Å². The van der Waals surface area contributed by atoms with E-state index in [1.807, 2.05) is 12.4 Å². The van der Waals surface area contributed by atoms with Gasteiger partial charge in [-0.1, -0.05) is 13.8 Å². The normalized spacial score (nSPS) is 20.4. The molecule has 3 rings (SSSR count). The molecular formula is C16H24N4. The van der Waals surface area contributed by atoms with Crippen molar-refractivity contribution in [1.29, 1.82) is 0 Å². The summed E-state index contributed by atoms with van der Waals surface area (Å²) in [4.78, 5) is 9.11. The van der Waals surface area contributed by atoms with Crippen molar-refractivity contribution >= 4 is 11.0 Å². The van der Waals surface area contributed by atoms with Crippen molar-refractivity contribution in [2.24, 2.45) is 5.92 Å². The Balaban J connectivity index is 2.07. The van der Waals surface area contributed by atoms with E-state index in [0.29, 0.717) is 5.92 Å². The first kappa shape index (κ1) is 13.6. The van der Waals surface area contributed by atoms with Crippen molar-refractivity contribution in [3.05, 3.63) is 24.3 Å². The monoisotopic (exact) mass is 272 g/mol. The van der Waals surface area contributed by atoms with E-state index in [1.165, 1.54) is 24.2 Å². The van der Waals surface area contributed by atoms with Gasteiger partial charge in [-0.15, -0.1) is 0 Å². The molecule has 1 N–H and O–H groups in total. The van der Waals surface area contributed by atoms with Crippen LogP contribution in [0.1, 0.15) is 39.4 Å². The largest absolute Gasteiger partial charge is 0.328 e. The Bertz CT molecular complexity index is 594. The van der Waals surface area contributed by atoms with Gasteiger partial charge in [0.15, 0.2) is 0 Å². The Morgan fingerprint density at radius 3 is 3.00 bits per heavy atom. The number of fused-ring (bicyclic) bond motifs is 1. The Morgan fingerprint density at radius 1 is 1.45 bits per heavy atom. The molecule has 0 radical (unpaired) electrons. The van der Waals surface area contributed by atoms with Gasteiger partial charge in [0, 0.05) is 18.2 Å². The van der Waals surface area contributed by atoms with E-state index in [2.05, 4.69) is 41.7 Å². The van der Waals surface area contributed by atoms with Gasteiger partial charge in [0.25, 0.3) is 0 Å². The van der Waals surface area contributed by atoms with Gasteiger partial charge in [-0.25, -0.2) is 4.98 Å². The maximum Gasteiger partial charge on any atom is 0.115 e. The second-order valence-corrected chi connectivity index (χ2v) is 6.31. The number of aryl methyl sites for hydroxylation is 1. The van der Waals surface area contributed by atoms with Gasteiger partial charge in [-0.2, -0.15) is 0 Å². The summed E-state index contributed by atoms with van der Waals surface area (Å²) in [6, 6.07) is 2.07. The van der Waals surface area contributed by atoms with E-state index in [4.69, 9.17) is 4.98 Å². The molecule has 108 valence electrons. The standard InChI is InChI=1S/C16H24N4/c1-4-20-14-7-9-18-11-13(14)19-15(20)16(2,3)12-6-5-8-17-10-12/h7,9,11-12,17H,4-6,8,10H2,1-3H3. The molecule has 1 fully saturated rings. The minimum Gasteiger partial charge on any atom is -0.328 e. The highest BCUT2D eigenvalue weighted by Crippen LogP contribution is 2.36. The smallest absolute Gasteiger partial charge is 0.115 e. The number of piperidine rings is 1. The van der Waals surface area contributed by atoms with Gasteiger partial charge in [-0.3, -0.25) is 4.98 Å². The summed E-state index contributed by atoms with van der Waals surface area (Å²) in [6.45, 7) is 10.1. The highest BCUT2D eigenvalue weighted by Gasteiger charge is 2.36. The molecule has 0 saturated carbocycles. The van der Waals surface area contributed by atoms with Crippen LogP contribution in [0.4, 0.5) is 0 Å². The predicted molar refractivity (Wildman–Crippen MR) is 81.8 cm³/mol. The molecule has 20 heavy (non-hydrogen) atoms. The molecule has 2 aromatic rings. The van der Waals surface area contributed by atoms with Crippen molar-refractivity contribution < 1.29 is 0 Å². The third kappa shape index (κ3) is 2.12. The summed E-state index contributed by atoms with van der Waals surface area (Å²) in [6.07, 6.45) is 6.28. The second-order valence-electron chi connectivity index (χ2n) is 6.31. The summed E-state index contributed by atoms with van der Waals surface area (Å²) in [5, 5.41) is 3.53. The van der Waals surface area contributed by atoms with Gasteiger partial charge >= 0.3 is 0 Å². The zero-order valence-electron chi connectivity index (χ0n) is 12.7. The van der Waals surface area contributed by atoms with Crippen molar-refractivity contribution in [2.75, 3.05) is 13.1 Å². The second kappa shape index (κ2) is 5.17. The highest BCUT2D eigenvalue weighted by atomic mass is 15.1. The molecule has 0 bridgehead atoms. The number of pyridine rings is 1. The maximum atomic E-state index is 4.90. The number of imidazole rings is 1. The van der Waals surface area contributed by atoms with Crippen molar-refractivity contribution in [2.45, 2.75) is 45.6 Å². The third-order valence-electron chi connectivity index (χ3n) is 4.76. The van der Waals surface area contributed by atoms with Crippen LogP contribution in [0.15, 0.2) is 18.5 Å². The molecule has 1 atom stereocenters. The maximum absolute atomic E-state index is 4.90. The topological polar surface area (TPSA) is 42.7 Å². The zero-order valence-corrected chi connectivity index (χ0v) is 12.7. The van der Waals surface area contributed by atoms with E-state index in [0.717, 1.165) is 25.2 Å². The third-order valence-corrected chi connectivity index (χ3v) is 4.76. The van der Waals surface area contributed by atoms with E-state index in [1.54, 1.807) is 0 Å². The number of hydrogen-bond acceptors (Lipinski definition) is 3. The lowest BCUT2D eigenvalue weighted by Crippen LogP contribution is -2.42. The molecule has 1 unspecified atom stereocenters. The van der Waals surface area contributed by atoms with Crippen molar-refractivity contribution in [3.8, 4) is 0 Å². The van der Waals surface area contributed by atoms with Crippen LogP contribution in [-0.2, 0) is 12.0 Å². The van der Waals surface area contributed by atoms with Crippen LogP contribution >= 0.6 is 0 Å². The first-order chi connectivity index (χ1) is 9.64. The first-order valence-corrected chi connectivity index (χ1v) is 7.66. The van der Waals surface area contributed by atoms with E-state index < -0.39 is 0 Å². The van der Waals surface area contributed by atoms with Gasteiger partial charge < -0.3 is 9.88 Å². The van der Waals surface area contributed by atoms with E-state index >= 15 is 0 Å². The van der Waals surface area contributed by atoms with Crippen molar-refractivity contribution in [3.63, 3.8) is 0 Å². The van der Waals surface area contributed by atoms with Crippen LogP contribution in [-0.4, -0.2) is 27.6 Å². The Kier molecular flexibility index (Phi) is 3.50. The lowest BCUT2D eigenvalue weighted by atomic mass is 9.74. The average Bonchev–Trinajstić information content (AvgIpc) is 2.87. The molecule has 3 heterocycles. The lowest BCUT2D eigenvalue weighted by Gasteiger charge is -2.37. The zero-order chi connectivity index (χ0) is 14.2. The number of hydrogen-bond donors (Lipinski definition) is 1. The molecule has 4 heteroatoms. The molecule has 4 nitrogen and oxygen atoms in total. The fraction of sp³-hybridized carbons (Fsp3) is 0.625. The van der Waals surface area contributed by atoms with Crippen LogP contribution in [0.3, 0.4) is 0 Å². The van der Waals surface area contributed by atoms with Gasteiger partial charge in [0.1, 0.15) is 11.3 Å². The number of rotatable bonds is 3. The SMILES string of the molecule is CCn1c(C(C)(C)C2CCCNC2)nc2cnccc21. The van der Waals surface area contributed by atoms with Crippen LogP contribution < -0.4 is 5.32 Å². The number of nitrogens with zero attached hydrogens (tertiary/aromatic N) is 3. The summed E-state index contributed by atoms with van der Waals surface area (Å²) in [5.41, 5.74) is 2.30. The first-order valence-electron chi connectivity index (χ1n) is 7.66. The van der Waals surface area contributed by atoms with Crippen LogP contribution in [0.5, 0.6) is 0 Å². The van der Waals surface area contributed by atoms with E-state index in [9.17, 15) is 0 Å². The fourth-order valence-corrected chi connectivity index (χ4v) is 3.44. The molecule has 0 aliphatic carbocycles. The summed E-state index contributed by atoms with van der Waals surface area (Å²) < 4.78 is 2.35. The molecular weight excluding hydrogens is 248 g/mol. The molecule has 0 spiro atoms. The van der Waals surface area contributed by atoms with Crippen LogP contribution in [0.2, 0.25) is 0 Å². The van der Waals surface area contributed by atoms with Gasteiger partial charge in [0.2, 0.25) is 0 Å². The summed E-state index contributed by atoms with van der Waals surface area (Å²) >= 11 is 0. The Morgan fingerprint density at radius 2 is 2.30 bits per heavy atom. The predicted octanol–water partition coefficient (Wildman–Crippen LogP) is 2.73. The summed E-state index contributed by atoms with van der Waals surface area (Å²) in [7, 11) is 0. The number of aromatic nitrogens is 3. The number of nitrogens with one attached hydrogen (secondary N) is 1. The summed E-state index contributed by atoms with van der Waals surface area (Å²) in [5.74, 6) is 1.85. The average molecular weight is 272 g/mol. The molecule has 1 aliphatic heterocycles. The fourth-order valence-electron chi connectivity index (χ4n) is 3.44. The minimum atomic E-state index is 0.0858. The highest BCUT2D eigenvalue weighted by molar-refractivity contribution is 5.75. The minimum absolute atomic E-state index is 0.0858. The Labute approximate surface area is 120 Å². The molecule has 0 aromatic carbocycles. The Hall–Kier alpha value is -1.42. The lowest BCUT2D eigenvalue weighted by molar-refractivity contribution is 0.237. The van der Waals surface area contributed by atoms with Crippen LogP contribution in [0, 0.1) is 5.92 Å². The van der Waals surface area contributed by atoms with Crippen molar-refractivity contribution in [1.82, 2.24) is 19.9 Å². The molecule has 1 saturated heterocycles. The molecule has 1 aliphatic rings. The quantitative estimate of drug-likeness (QED) is 0.934. The van der Waals surface area contributed by atoms with Crippen LogP contribution in [0.25, 0.3) is 11.0 Å². The molecule has 0 amide bonds. The van der Waals surface area contributed by atoms with Gasteiger partial charge in [0.05, 0.1) is 11.7 Å². The van der Waals surface area contributed by atoms with Gasteiger partial charge in [-0.05, 0) is 44.8 Å². The molecule has 2 aromatic heterocycles.